The van der Waals surface area contributed by atoms with Crippen molar-refractivity contribution in [2.24, 2.45) is 5.10 Å². The van der Waals surface area contributed by atoms with Crippen LogP contribution in [-0.4, -0.2) is 33.2 Å². The highest BCUT2D eigenvalue weighted by Gasteiger charge is 2.35. The normalized spacial score (nSPS) is 17.0. The molecule has 0 amide bonds. The van der Waals surface area contributed by atoms with Crippen LogP contribution in [0.5, 0.6) is 0 Å². The van der Waals surface area contributed by atoms with Crippen LogP contribution in [0.2, 0.25) is 0 Å². The number of anilines is 1. The molecular weight excluding hydrogens is 442 g/mol. The first-order chi connectivity index (χ1) is 14.2. The fraction of sp³-hybridized carbons (Fsp3) is 0.150. The molecule has 0 saturated carbocycles. The van der Waals surface area contributed by atoms with E-state index >= 15 is 0 Å². The molecule has 1 aromatic heterocycles. The molecule has 1 aliphatic rings. The van der Waals surface area contributed by atoms with Gasteiger partial charge in [-0.2, -0.15) is 9.52 Å². The lowest BCUT2D eigenvalue weighted by Gasteiger charge is -2.19. The monoisotopic (exact) mass is 461 g/mol. The second kappa shape index (κ2) is 7.86. The van der Waals surface area contributed by atoms with E-state index < -0.39 is 20.0 Å². The second-order valence-corrected chi connectivity index (χ2v) is 11.3. The number of hydrogen-bond donors (Lipinski definition) is 1. The molecule has 0 fully saturated rings. The van der Waals surface area contributed by atoms with Crippen LogP contribution in [0.3, 0.4) is 0 Å². The average molecular weight is 462 g/mol. The molecule has 1 aliphatic heterocycles. The molecule has 2 aromatic carbocycles. The first kappa shape index (κ1) is 20.6. The Morgan fingerprint density at radius 2 is 1.67 bits per heavy atom. The van der Waals surface area contributed by atoms with Crippen molar-refractivity contribution in [3.8, 4) is 0 Å². The molecule has 7 nitrogen and oxygen atoms in total. The Bertz CT molecular complexity index is 1270. The van der Waals surface area contributed by atoms with E-state index in [2.05, 4.69) is 9.82 Å². The van der Waals surface area contributed by atoms with Crippen molar-refractivity contribution < 1.29 is 16.8 Å². The van der Waals surface area contributed by atoms with E-state index in [1.807, 2.05) is 17.5 Å². The highest BCUT2D eigenvalue weighted by Crippen LogP contribution is 2.36. The van der Waals surface area contributed by atoms with Gasteiger partial charge in [0.25, 0.3) is 10.0 Å². The van der Waals surface area contributed by atoms with E-state index in [1.54, 1.807) is 42.5 Å². The minimum atomic E-state index is -3.68. The summed E-state index contributed by atoms with van der Waals surface area (Å²) in [6.45, 7) is 0. The van der Waals surface area contributed by atoms with Gasteiger partial charge in [-0.15, -0.1) is 11.3 Å². The fourth-order valence-corrected chi connectivity index (χ4v) is 6.06. The van der Waals surface area contributed by atoms with Crippen LogP contribution in [0.15, 0.2) is 82.1 Å². The van der Waals surface area contributed by atoms with Gasteiger partial charge in [-0.3, -0.25) is 4.72 Å². The molecule has 0 spiro atoms. The molecule has 10 heteroatoms. The van der Waals surface area contributed by atoms with Gasteiger partial charge in [0, 0.05) is 17.0 Å². The summed E-state index contributed by atoms with van der Waals surface area (Å²) < 4.78 is 53.0. The average Bonchev–Trinajstić information content (AvgIpc) is 3.38. The lowest BCUT2D eigenvalue weighted by atomic mass is 10.0. The van der Waals surface area contributed by atoms with E-state index in [-0.39, 0.29) is 10.9 Å². The minimum Gasteiger partial charge on any atom is -0.280 e. The first-order valence-corrected chi connectivity index (χ1v) is 13.2. The van der Waals surface area contributed by atoms with E-state index in [0.29, 0.717) is 17.8 Å². The van der Waals surface area contributed by atoms with Gasteiger partial charge in [0.15, 0.2) is 0 Å². The maximum atomic E-state index is 12.5. The summed E-state index contributed by atoms with van der Waals surface area (Å²) in [7, 11) is -7.20. The van der Waals surface area contributed by atoms with Crippen LogP contribution < -0.4 is 4.72 Å². The van der Waals surface area contributed by atoms with Crippen molar-refractivity contribution >= 4 is 42.8 Å². The summed E-state index contributed by atoms with van der Waals surface area (Å²) in [5.74, 6) is 0. The number of nitrogens with zero attached hydrogens (tertiary/aromatic N) is 2. The fourth-order valence-electron chi connectivity index (χ4n) is 3.21. The van der Waals surface area contributed by atoms with Gasteiger partial charge in [-0.1, -0.05) is 36.4 Å². The zero-order chi connectivity index (χ0) is 21.4. The van der Waals surface area contributed by atoms with Crippen LogP contribution in [0, 0.1) is 0 Å². The minimum absolute atomic E-state index is 0.178. The van der Waals surface area contributed by atoms with Crippen molar-refractivity contribution in [3.05, 3.63) is 82.6 Å². The molecule has 2 heterocycles. The van der Waals surface area contributed by atoms with Gasteiger partial charge in [0.2, 0.25) is 10.0 Å². The lowest BCUT2D eigenvalue weighted by molar-refractivity contribution is 0.379. The topological polar surface area (TPSA) is 95.9 Å². The summed E-state index contributed by atoms with van der Waals surface area (Å²) in [5, 5.41) is 6.25. The van der Waals surface area contributed by atoms with E-state index in [1.165, 1.54) is 23.5 Å². The highest BCUT2D eigenvalue weighted by atomic mass is 32.2. The summed E-state index contributed by atoms with van der Waals surface area (Å²) in [6, 6.07) is 18.3. The number of nitrogens with one attached hydrogen (secondary N) is 1. The Morgan fingerprint density at radius 1 is 0.967 bits per heavy atom. The van der Waals surface area contributed by atoms with Crippen LogP contribution >= 0.6 is 11.3 Å². The number of sulfonamides is 2. The maximum Gasteiger partial charge on any atom is 0.261 e. The highest BCUT2D eigenvalue weighted by molar-refractivity contribution is 7.92. The summed E-state index contributed by atoms with van der Waals surface area (Å²) in [6.07, 6.45) is 1.59. The predicted molar refractivity (Wildman–Crippen MR) is 119 cm³/mol. The van der Waals surface area contributed by atoms with E-state index in [4.69, 9.17) is 0 Å². The smallest absolute Gasteiger partial charge is 0.261 e. The van der Waals surface area contributed by atoms with Crippen LogP contribution in [0.1, 0.15) is 22.9 Å². The van der Waals surface area contributed by atoms with Crippen LogP contribution in [0.4, 0.5) is 5.69 Å². The van der Waals surface area contributed by atoms with Crippen molar-refractivity contribution in [2.75, 3.05) is 11.0 Å². The van der Waals surface area contributed by atoms with E-state index in [9.17, 15) is 16.8 Å². The number of benzene rings is 2. The van der Waals surface area contributed by atoms with Crippen LogP contribution in [0.25, 0.3) is 0 Å². The molecule has 4 rings (SSSR count). The molecule has 1 atom stereocenters. The third-order valence-corrected chi connectivity index (χ3v) is 7.99. The Balaban J connectivity index is 1.57. The largest absolute Gasteiger partial charge is 0.280 e. The molecule has 3 aromatic rings. The van der Waals surface area contributed by atoms with Gasteiger partial charge in [-0.05, 0) is 41.3 Å². The summed E-state index contributed by atoms with van der Waals surface area (Å²) in [5.41, 5.74) is 1.79. The quantitative estimate of drug-likeness (QED) is 0.606. The first-order valence-electron chi connectivity index (χ1n) is 9.03. The molecule has 1 unspecified atom stereocenters. The van der Waals surface area contributed by atoms with Gasteiger partial charge in [0.1, 0.15) is 6.04 Å². The van der Waals surface area contributed by atoms with Crippen molar-refractivity contribution in [2.45, 2.75) is 17.4 Å². The van der Waals surface area contributed by atoms with Gasteiger partial charge in [0.05, 0.1) is 16.9 Å². The Kier molecular flexibility index (Phi) is 5.39. The number of hydrogen-bond acceptors (Lipinski definition) is 6. The molecule has 1 N–H and O–H groups in total. The Labute approximate surface area is 179 Å². The molecule has 30 heavy (non-hydrogen) atoms. The third kappa shape index (κ3) is 4.25. The summed E-state index contributed by atoms with van der Waals surface area (Å²) >= 11 is 1.49. The molecule has 0 aliphatic carbocycles. The number of hydrazone groups is 1. The summed E-state index contributed by atoms with van der Waals surface area (Å²) in [4.78, 5) is 1.10. The molecule has 0 radical (unpaired) electrons. The number of rotatable bonds is 6. The second-order valence-electron chi connectivity index (χ2n) is 6.81. The predicted octanol–water partition coefficient (Wildman–Crippen LogP) is 3.66. The zero-order valence-corrected chi connectivity index (χ0v) is 18.4. The van der Waals surface area contributed by atoms with Gasteiger partial charge >= 0.3 is 0 Å². The molecule has 0 saturated heterocycles. The molecule has 156 valence electrons. The third-order valence-electron chi connectivity index (χ3n) is 4.61. The lowest BCUT2D eigenvalue weighted by Crippen LogP contribution is -2.25. The SMILES string of the molecule is CS(=O)(=O)N1N=C(c2ccc(NS(=O)(=O)c3ccccc3)cc2)CC1c1cccs1. The van der Waals surface area contributed by atoms with Gasteiger partial charge in [-0.25, -0.2) is 16.8 Å². The zero-order valence-electron chi connectivity index (χ0n) is 16.0. The molecule has 0 bridgehead atoms. The van der Waals surface area contributed by atoms with Crippen LogP contribution in [-0.2, 0) is 20.0 Å². The Morgan fingerprint density at radius 3 is 2.27 bits per heavy atom. The number of thiophene rings is 1. The van der Waals surface area contributed by atoms with Crippen molar-refractivity contribution in [1.82, 2.24) is 4.41 Å². The Hall–Kier alpha value is -2.69. The van der Waals surface area contributed by atoms with E-state index in [0.717, 1.165) is 21.1 Å². The maximum absolute atomic E-state index is 12.5. The molecular formula is C20H19N3O4S3. The van der Waals surface area contributed by atoms with Crippen molar-refractivity contribution in [3.63, 3.8) is 0 Å². The van der Waals surface area contributed by atoms with Crippen molar-refractivity contribution in [1.29, 1.82) is 0 Å². The van der Waals surface area contributed by atoms with Gasteiger partial charge < -0.3 is 0 Å². The standard InChI is InChI=1S/C20H19N3O4S3/c1-29(24,25)23-19(20-8-5-13-28-20)14-18(21-23)15-9-11-16(12-10-15)22-30(26,27)17-6-3-2-4-7-17/h2-13,19,22H,14H2,1H3.